The van der Waals surface area contributed by atoms with Crippen LogP contribution >= 0.6 is 0 Å². The predicted octanol–water partition coefficient (Wildman–Crippen LogP) is 4.05. The minimum Gasteiger partial charge on any atom is -0.340 e. The van der Waals surface area contributed by atoms with Crippen molar-refractivity contribution in [3.63, 3.8) is 0 Å². The van der Waals surface area contributed by atoms with Gasteiger partial charge in [-0.3, -0.25) is 0 Å². The van der Waals surface area contributed by atoms with Crippen molar-refractivity contribution in [1.82, 2.24) is 0 Å². The molecule has 0 radical (unpaired) electrons. The van der Waals surface area contributed by atoms with E-state index >= 15 is 0 Å². The van der Waals surface area contributed by atoms with Gasteiger partial charge in [0.15, 0.2) is 5.79 Å². The van der Waals surface area contributed by atoms with Crippen molar-refractivity contribution >= 4 is 0 Å². The first-order chi connectivity index (χ1) is 8.11. The van der Waals surface area contributed by atoms with E-state index in [4.69, 9.17) is 9.47 Å². The number of rotatable bonds is 0. The molecule has 0 bridgehead atoms. The van der Waals surface area contributed by atoms with E-state index in [1.165, 1.54) is 19.3 Å². The fourth-order valence-corrected chi connectivity index (χ4v) is 4.61. The minimum absolute atomic E-state index is 0.116. The quantitative estimate of drug-likeness (QED) is 0.604. The fraction of sp³-hybridized carbons (Fsp3) is 0.875. The molecule has 3 aliphatic rings. The summed E-state index contributed by atoms with van der Waals surface area (Å²) in [6.07, 6.45) is 6.26. The zero-order chi connectivity index (χ0) is 13.4. The molecule has 0 aromatic heterocycles. The molecular weight excluding hydrogens is 224 g/mol. The molecule has 0 N–H and O–H groups in total. The Kier molecular flexibility index (Phi) is 2.26. The molecule has 0 aromatic carbocycles. The van der Waals surface area contributed by atoms with Gasteiger partial charge in [0.2, 0.25) is 0 Å². The lowest BCUT2D eigenvalue weighted by molar-refractivity contribution is -0.183. The topological polar surface area (TPSA) is 18.5 Å². The molecule has 1 saturated heterocycles. The minimum atomic E-state index is -0.452. The lowest BCUT2D eigenvalue weighted by Crippen LogP contribution is -2.51. The van der Waals surface area contributed by atoms with Gasteiger partial charge in [-0.1, -0.05) is 38.8 Å². The first kappa shape index (κ1) is 12.7. The van der Waals surface area contributed by atoms with E-state index in [2.05, 4.69) is 33.8 Å². The van der Waals surface area contributed by atoms with Crippen LogP contribution in [-0.4, -0.2) is 17.5 Å². The van der Waals surface area contributed by atoms with Crippen molar-refractivity contribution in [2.24, 2.45) is 10.8 Å². The summed E-state index contributed by atoms with van der Waals surface area (Å²) in [5.74, 6) is -0.452. The van der Waals surface area contributed by atoms with E-state index in [0.29, 0.717) is 0 Å². The summed E-state index contributed by atoms with van der Waals surface area (Å²) in [5, 5.41) is 0. The zero-order valence-electron chi connectivity index (χ0n) is 12.6. The SMILES string of the molecule is CC1(C)O[C@H]2C=C3C(C)(C)CCC[C@]3(C)[C@@]2(C)O1. The maximum Gasteiger partial charge on any atom is 0.164 e. The van der Waals surface area contributed by atoms with E-state index in [9.17, 15) is 0 Å². The Morgan fingerprint density at radius 1 is 1.06 bits per heavy atom. The maximum absolute atomic E-state index is 6.35. The van der Waals surface area contributed by atoms with Crippen LogP contribution in [0.4, 0.5) is 0 Å². The Balaban J connectivity index is 2.09. The van der Waals surface area contributed by atoms with E-state index in [-0.39, 0.29) is 22.5 Å². The molecule has 2 aliphatic carbocycles. The van der Waals surface area contributed by atoms with Gasteiger partial charge in [0.1, 0.15) is 11.7 Å². The molecule has 0 amide bonds. The van der Waals surface area contributed by atoms with Gasteiger partial charge in [-0.25, -0.2) is 0 Å². The molecule has 2 heteroatoms. The second-order valence-corrected chi connectivity index (χ2v) is 7.80. The lowest BCUT2D eigenvalue weighted by atomic mass is 9.57. The Morgan fingerprint density at radius 3 is 2.39 bits per heavy atom. The Labute approximate surface area is 111 Å². The highest BCUT2D eigenvalue weighted by Crippen LogP contribution is 2.64. The molecule has 2 fully saturated rings. The van der Waals surface area contributed by atoms with Crippen LogP contribution in [0.15, 0.2) is 11.6 Å². The highest BCUT2D eigenvalue weighted by atomic mass is 16.8. The van der Waals surface area contributed by atoms with Gasteiger partial charge in [-0.05, 0) is 39.0 Å². The summed E-state index contributed by atoms with van der Waals surface area (Å²) in [4.78, 5) is 0. The summed E-state index contributed by atoms with van der Waals surface area (Å²) in [5.41, 5.74) is 1.79. The Hall–Kier alpha value is -0.340. The molecule has 0 spiro atoms. The van der Waals surface area contributed by atoms with Crippen molar-refractivity contribution in [1.29, 1.82) is 0 Å². The van der Waals surface area contributed by atoms with Crippen molar-refractivity contribution < 1.29 is 9.47 Å². The van der Waals surface area contributed by atoms with Gasteiger partial charge in [-0.15, -0.1) is 0 Å². The molecule has 1 heterocycles. The van der Waals surface area contributed by atoms with E-state index in [1.54, 1.807) is 5.57 Å². The third kappa shape index (κ3) is 1.36. The average molecular weight is 250 g/mol. The van der Waals surface area contributed by atoms with Crippen molar-refractivity contribution in [3.05, 3.63) is 11.6 Å². The zero-order valence-corrected chi connectivity index (χ0v) is 12.6. The van der Waals surface area contributed by atoms with Gasteiger partial charge in [-0.2, -0.15) is 0 Å². The van der Waals surface area contributed by atoms with Crippen molar-refractivity contribution in [3.8, 4) is 0 Å². The standard InChI is InChI=1S/C16H26O2/c1-13(2)8-7-9-15(5)11(13)10-12-16(15,6)18-14(3,4)17-12/h10,12H,7-9H2,1-6H3/t12-,15-,16-/m0/s1. The molecule has 1 saturated carbocycles. The van der Waals surface area contributed by atoms with Crippen LogP contribution in [0.1, 0.15) is 60.8 Å². The average Bonchev–Trinajstić information content (AvgIpc) is 2.53. The van der Waals surface area contributed by atoms with Crippen LogP contribution in [0.3, 0.4) is 0 Å². The molecule has 3 rings (SSSR count). The molecule has 2 nitrogen and oxygen atoms in total. The second-order valence-electron chi connectivity index (χ2n) is 7.80. The first-order valence-corrected chi connectivity index (χ1v) is 7.22. The molecule has 3 atom stereocenters. The predicted molar refractivity (Wildman–Crippen MR) is 72.3 cm³/mol. The van der Waals surface area contributed by atoms with E-state index in [1.807, 2.05) is 13.8 Å². The first-order valence-electron chi connectivity index (χ1n) is 7.22. The normalized spacial score (nSPS) is 48.6. The number of fused-ring (bicyclic) bond motifs is 3. The Morgan fingerprint density at radius 2 is 1.72 bits per heavy atom. The summed E-state index contributed by atoms with van der Waals surface area (Å²) in [6, 6.07) is 0. The van der Waals surface area contributed by atoms with Gasteiger partial charge >= 0.3 is 0 Å². The monoisotopic (exact) mass is 250 g/mol. The van der Waals surface area contributed by atoms with Gasteiger partial charge < -0.3 is 9.47 Å². The third-order valence-corrected chi connectivity index (χ3v) is 5.63. The molecule has 1 aliphatic heterocycles. The molecule has 102 valence electrons. The van der Waals surface area contributed by atoms with E-state index < -0.39 is 5.79 Å². The summed E-state index contributed by atoms with van der Waals surface area (Å²) >= 11 is 0. The fourth-order valence-electron chi connectivity index (χ4n) is 4.61. The van der Waals surface area contributed by atoms with Gasteiger partial charge in [0.25, 0.3) is 0 Å². The largest absolute Gasteiger partial charge is 0.340 e. The van der Waals surface area contributed by atoms with Crippen LogP contribution in [0.2, 0.25) is 0 Å². The highest BCUT2D eigenvalue weighted by Gasteiger charge is 2.66. The third-order valence-electron chi connectivity index (χ3n) is 5.63. The van der Waals surface area contributed by atoms with Crippen LogP contribution in [0, 0.1) is 10.8 Å². The lowest BCUT2D eigenvalue weighted by Gasteiger charge is -2.50. The smallest absolute Gasteiger partial charge is 0.164 e. The number of hydrogen-bond donors (Lipinski definition) is 0. The van der Waals surface area contributed by atoms with E-state index in [0.717, 1.165) is 0 Å². The molecule has 18 heavy (non-hydrogen) atoms. The van der Waals surface area contributed by atoms with Crippen LogP contribution < -0.4 is 0 Å². The summed E-state index contributed by atoms with van der Waals surface area (Å²) < 4.78 is 12.5. The van der Waals surface area contributed by atoms with Crippen LogP contribution in [0.5, 0.6) is 0 Å². The Bertz CT molecular complexity index is 421. The second kappa shape index (κ2) is 3.21. The van der Waals surface area contributed by atoms with Crippen LogP contribution in [0.25, 0.3) is 0 Å². The highest BCUT2D eigenvalue weighted by molar-refractivity contribution is 5.38. The van der Waals surface area contributed by atoms with Crippen molar-refractivity contribution in [2.75, 3.05) is 0 Å². The van der Waals surface area contributed by atoms with Gasteiger partial charge in [0, 0.05) is 5.41 Å². The number of hydrogen-bond acceptors (Lipinski definition) is 2. The molecule has 0 aromatic rings. The summed E-state index contributed by atoms with van der Waals surface area (Å²) in [7, 11) is 0. The molecule has 0 unspecified atom stereocenters. The van der Waals surface area contributed by atoms with Crippen LogP contribution in [-0.2, 0) is 9.47 Å². The number of ether oxygens (including phenoxy) is 2. The maximum atomic E-state index is 6.35. The van der Waals surface area contributed by atoms with Crippen molar-refractivity contribution in [2.45, 2.75) is 78.3 Å². The summed E-state index contributed by atoms with van der Waals surface area (Å²) in [6.45, 7) is 13.4. The molecular formula is C16H26O2. The van der Waals surface area contributed by atoms with Gasteiger partial charge in [0.05, 0.1) is 0 Å².